The summed E-state index contributed by atoms with van der Waals surface area (Å²) < 4.78 is 8.67. The monoisotopic (exact) mass is 842 g/mol. The number of hydrogen-bond acceptors (Lipinski definition) is 10. The normalized spacial score (nSPS) is 35.0. The van der Waals surface area contributed by atoms with Crippen LogP contribution in [0.15, 0.2) is 40.3 Å². The molecule has 41 heavy (non-hydrogen) atoms. The van der Waals surface area contributed by atoms with Gasteiger partial charge in [0.05, 0.1) is 23.5 Å². The lowest BCUT2D eigenvalue weighted by Crippen LogP contribution is -2.75. The van der Waals surface area contributed by atoms with E-state index >= 15 is 0 Å². The van der Waals surface area contributed by atoms with E-state index < -0.39 is 46.9 Å². The Morgan fingerprint density at radius 3 is 1.98 bits per heavy atom. The molecule has 3 aliphatic heterocycles. The third-order valence-electron chi connectivity index (χ3n) is 7.96. The summed E-state index contributed by atoms with van der Waals surface area (Å²) in [7, 11) is 0. The topological polar surface area (TPSA) is 220 Å². The number of halogens is 5. The zero-order valence-electron chi connectivity index (χ0n) is 20.6. The van der Waals surface area contributed by atoms with E-state index in [2.05, 4.69) is 105 Å². The van der Waals surface area contributed by atoms with Gasteiger partial charge in [0.25, 0.3) is 11.8 Å². The Morgan fingerprint density at radius 2 is 1.44 bits per heavy atom. The highest BCUT2D eigenvalue weighted by Crippen LogP contribution is 2.58. The first-order valence-corrected chi connectivity index (χ1v) is 15.8. The second-order valence-corrected chi connectivity index (χ2v) is 14.0. The minimum atomic E-state index is -1.82. The molecule has 2 fully saturated rings. The number of hydrogen-bond donors (Lipinski definition) is 9. The van der Waals surface area contributed by atoms with Crippen molar-refractivity contribution in [2.45, 2.75) is 29.1 Å². The van der Waals surface area contributed by atoms with Crippen molar-refractivity contribution in [1.82, 2.24) is 31.2 Å². The zero-order chi connectivity index (χ0) is 29.4. The summed E-state index contributed by atoms with van der Waals surface area (Å²) in [5.41, 5.74) is 9.70. The quantitative estimate of drug-likeness (QED) is 0.191. The summed E-state index contributed by atoms with van der Waals surface area (Å²) >= 11 is 20.6. The highest BCUT2D eigenvalue weighted by molar-refractivity contribution is 9.13. The first-order valence-electron chi connectivity index (χ1n) is 12.2. The van der Waals surface area contributed by atoms with Crippen LogP contribution in [0, 0.1) is 17.8 Å². The summed E-state index contributed by atoms with van der Waals surface area (Å²) in [5.74, 6) is -2.53. The van der Waals surface area contributed by atoms with E-state index in [1.807, 2.05) is 0 Å². The second-order valence-electron chi connectivity index (χ2n) is 10.2. The molecule has 1 spiro atoms. The van der Waals surface area contributed by atoms with Gasteiger partial charge in [-0.05, 0) is 81.8 Å². The molecule has 2 amide bonds. The number of aromatic nitrogens is 2. The fourth-order valence-corrected chi connectivity index (χ4v) is 8.25. The van der Waals surface area contributed by atoms with E-state index in [1.54, 1.807) is 12.1 Å². The number of carbonyl (C=O) groups is 2. The molecule has 1 saturated carbocycles. The standard InChI is InChI=1S/C22H23Br4ClN10O4/c23-7-1-9(32-13(7)25)15(38)30-3-5-6(4-31-16(39)10-2-8(24)14(26)33-10)12(27)21-11(5)22(40)18(35-20(29)37-22)41-17(21)34-19(28)36-21/h1-2,5-6,11-12,17-18,32-33,40H,3-4H2,(H,30,38)(H,31,39)(H3,28,34,36)(H3,29,35,37)/t5-,6+,11+,12-,17+,18-,21+,22-/m0/s1. The van der Waals surface area contributed by atoms with Gasteiger partial charge in [-0.15, -0.1) is 11.6 Å². The van der Waals surface area contributed by atoms with Crippen molar-refractivity contribution in [2.75, 3.05) is 13.1 Å². The van der Waals surface area contributed by atoms with Gasteiger partial charge in [-0.3, -0.25) is 9.59 Å². The highest BCUT2D eigenvalue weighted by Gasteiger charge is 2.76. The van der Waals surface area contributed by atoms with Gasteiger partial charge in [0, 0.05) is 24.9 Å². The molecule has 220 valence electrons. The van der Waals surface area contributed by atoms with E-state index in [-0.39, 0.29) is 36.8 Å². The van der Waals surface area contributed by atoms with Crippen LogP contribution in [0.2, 0.25) is 0 Å². The Morgan fingerprint density at radius 1 is 0.927 bits per heavy atom. The number of fused-ring (bicyclic) bond motifs is 2. The Labute approximate surface area is 271 Å². The molecular formula is C22H23Br4ClN10O4. The number of rotatable bonds is 6. The van der Waals surface area contributed by atoms with Crippen LogP contribution in [-0.2, 0) is 4.74 Å². The highest BCUT2D eigenvalue weighted by atomic mass is 79.9. The largest absolute Gasteiger partial charge is 0.370 e. The Hall–Kier alpha value is -1.83. The number of ether oxygens (including phenoxy) is 1. The van der Waals surface area contributed by atoms with Gasteiger partial charge in [0.15, 0.2) is 23.9 Å². The van der Waals surface area contributed by atoms with Crippen LogP contribution in [0.4, 0.5) is 0 Å². The number of nitrogens with one attached hydrogen (secondary N) is 6. The lowest BCUT2D eigenvalue weighted by atomic mass is 9.71. The molecule has 0 unspecified atom stereocenters. The smallest absolute Gasteiger partial charge is 0.267 e. The van der Waals surface area contributed by atoms with Gasteiger partial charge in [-0.2, -0.15) is 0 Å². The average Bonchev–Trinajstić information content (AvgIpc) is 3.66. The number of amides is 2. The number of nitrogens with two attached hydrogens (primary N) is 2. The summed E-state index contributed by atoms with van der Waals surface area (Å²) in [4.78, 5) is 40.7. The number of carbonyl (C=O) groups excluding carboxylic acids is 2. The van der Waals surface area contributed by atoms with E-state index in [1.165, 1.54) is 0 Å². The van der Waals surface area contributed by atoms with Crippen molar-refractivity contribution in [1.29, 1.82) is 0 Å². The van der Waals surface area contributed by atoms with Gasteiger partial charge in [-0.25, -0.2) is 9.98 Å². The van der Waals surface area contributed by atoms with Gasteiger partial charge >= 0.3 is 0 Å². The molecule has 0 bridgehead atoms. The molecule has 2 aromatic heterocycles. The molecule has 19 heteroatoms. The van der Waals surface area contributed by atoms with Crippen LogP contribution in [0.5, 0.6) is 0 Å². The van der Waals surface area contributed by atoms with Crippen LogP contribution < -0.4 is 32.7 Å². The summed E-state index contributed by atoms with van der Waals surface area (Å²) in [6.07, 6.45) is -2.03. The molecule has 6 rings (SSSR count). The van der Waals surface area contributed by atoms with Crippen LogP contribution in [-0.4, -0.2) is 81.0 Å². The number of nitrogens with zero attached hydrogens (tertiary/aromatic N) is 2. The average molecular weight is 847 g/mol. The molecule has 0 aromatic carbocycles. The van der Waals surface area contributed by atoms with Gasteiger partial charge in [0.2, 0.25) is 6.23 Å². The minimum absolute atomic E-state index is 0.0146. The second kappa shape index (κ2) is 10.4. The molecule has 8 atom stereocenters. The molecule has 0 radical (unpaired) electrons. The lowest BCUT2D eigenvalue weighted by Gasteiger charge is -2.51. The van der Waals surface area contributed by atoms with Crippen molar-refractivity contribution in [3.8, 4) is 0 Å². The summed E-state index contributed by atoms with van der Waals surface area (Å²) in [5, 5.41) is 23.2. The van der Waals surface area contributed by atoms with Crippen LogP contribution in [0.25, 0.3) is 0 Å². The molecule has 14 nitrogen and oxygen atoms in total. The van der Waals surface area contributed by atoms with Crippen molar-refractivity contribution >= 4 is 99.1 Å². The van der Waals surface area contributed by atoms with Crippen molar-refractivity contribution < 1.29 is 19.4 Å². The lowest BCUT2D eigenvalue weighted by molar-refractivity contribution is -0.233. The van der Waals surface area contributed by atoms with E-state index in [9.17, 15) is 14.7 Å². The maximum absolute atomic E-state index is 13.1. The fourth-order valence-electron chi connectivity index (χ4n) is 6.36. The molecule has 4 aliphatic rings. The van der Waals surface area contributed by atoms with Crippen molar-refractivity contribution in [3.63, 3.8) is 0 Å². The van der Waals surface area contributed by atoms with E-state index in [0.29, 0.717) is 29.5 Å². The first-order chi connectivity index (χ1) is 19.3. The molecule has 11 N–H and O–H groups in total. The third kappa shape index (κ3) is 4.60. The van der Waals surface area contributed by atoms with Crippen LogP contribution in [0.1, 0.15) is 21.0 Å². The molecule has 1 saturated heterocycles. The molecule has 1 aliphatic carbocycles. The minimum Gasteiger partial charge on any atom is -0.370 e. The SMILES string of the molecule is NC1=N[C@H]2O[C@H]3N=C(N)N[C@]34[C@@H](Cl)[C@H](CNC(=O)c3cc(Br)c(Br)[nH]3)[C@H](CNC(=O)c3cc(Br)c(Br)[nH]3)[C@H]4[C@@]2(O)N1. The van der Waals surface area contributed by atoms with Crippen LogP contribution >= 0.6 is 75.3 Å². The zero-order valence-corrected chi connectivity index (χ0v) is 27.7. The van der Waals surface area contributed by atoms with Crippen LogP contribution in [0.3, 0.4) is 0 Å². The number of alkyl halides is 1. The molecular weight excluding hydrogens is 823 g/mol. The molecule has 5 heterocycles. The van der Waals surface area contributed by atoms with E-state index in [0.717, 1.165) is 0 Å². The summed E-state index contributed by atoms with van der Waals surface area (Å²) in [6, 6.07) is 3.28. The fraction of sp³-hybridized carbons (Fsp3) is 0.455. The maximum atomic E-state index is 13.1. The van der Waals surface area contributed by atoms with Crippen molar-refractivity contribution in [3.05, 3.63) is 41.7 Å². The number of H-pyrrole nitrogens is 2. The molecule has 2 aromatic rings. The maximum Gasteiger partial charge on any atom is 0.267 e. The van der Waals surface area contributed by atoms with Gasteiger partial charge in [-0.1, -0.05) is 0 Å². The van der Waals surface area contributed by atoms with Gasteiger partial charge in [0.1, 0.15) is 16.9 Å². The van der Waals surface area contributed by atoms with Gasteiger partial charge < -0.3 is 52.5 Å². The Kier molecular flexibility index (Phi) is 7.43. The first kappa shape index (κ1) is 29.3. The summed E-state index contributed by atoms with van der Waals surface area (Å²) in [6.45, 7) is 0.152. The van der Waals surface area contributed by atoms with E-state index in [4.69, 9.17) is 27.8 Å². The number of aliphatic imine (C=N–C) groups is 2. The number of aliphatic hydroxyl groups is 1. The third-order valence-corrected chi connectivity index (χ3v) is 12.2. The van der Waals surface area contributed by atoms with Crippen molar-refractivity contribution in [2.24, 2.45) is 39.2 Å². The predicted molar refractivity (Wildman–Crippen MR) is 163 cm³/mol. The number of guanidine groups is 2. The Balaban J connectivity index is 1.34. The predicted octanol–water partition coefficient (Wildman–Crippen LogP) is 0.968. The number of aromatic amines is 2. The Bertz CT molecular complexity index is 1460.